The van der Waals surface area contributed by atoms with Gasteiger partial charge in [0.25, 0.3) is 0 Å². The van der Waals surface area contributed by atoms with Crippen molar-refractivity contribution >= 4 is 27.5 Å². The average Bonchev–Trinajstić information content (AvgIpc) is 2.51. The Labute approximate surface area is 124 Å². The summed E-state index contributed by atoms with van der Waals surface area (Å²) < 4.78 is 0. The van der Waals surface area contributed by atoms with Crippen LogP contribution in [0, 0.1) is 0 Å². The van der Waals surface area contributed by atoms with Gasteiger partial charge in [-0.1, -0.05) is 38.1 Å². The second-order valence-corrected chi connectivity index (χ2v) is 5.38. The maximum Gasteiger partial charge on any atom is 0.249 e. The number of benzene rings is 3. The molecule has 0 fully saturated rings. The normalized spacial score (nSPS) is 11.1. The van der Waals surface area contributed by atoms with Crippen LogP contribution in [0.5, 0.6) is 0 Å². The van der Waals surface area contributed by atoms with Gasteiger partial charge in [0.2, 0.25) is 5.91 Å². The fourth-order valence-electron chi connectivity index (χ4n) is 3.16. The van der Waals surface area contributed by atoms with Crippen LogP contribution in [0.25, 0.3) is 21.5 Å². The lowest BCUT2D eigenvalue weighted by molar-refractivity contribution is 0.100. The highest BCUT2D eigenvalue weighted by Gasteiger charge is 2.14. The van der Waals surface area contributed by atoms with Crippen molar-refractivity contribution in [1.82, 2.24) is 0 Å². The van der Waals surface area contributed by atoms with Gasteiger partial charge in [-0.2, -0.15) is 0 Å². The van der Waals surface area contributed by atoms with Crippen molar-refractivity contribution in [2.45, 2.75) is 26.7 Å². The summed E-state index contributed by atoms with van der Waals surface area (Å²) in [4.78, 5) is 11.8. The molecule has 3 aromatic rings. The molecule has 1 amide bonds. The SMILES string of the molecule is CCc1cc(C(N)=O)c2cc3ccccc3cc2c1CC. The van der Waals surface area contributed by atoms with Gasteiger partial charge in [0.1, 0.15) is 0 Å². The van der Waals surface area contributed by atoms with E-state index in [-0.39, 0.29) is 5.91 Å². The molecule has 3 rings (SSSR count). The third kappa shape index (κ3) is 2.17. The van der Waals surface area contributed by atoms with Crippen molar-refractivity contribution in [2.24, 2.45) is 5.73 Å². The molecular formula is C19H19NO. The van der Waals surface area contributed by atoms with Crippen LogP contribution in [0.15, 0.2) is 42.5 Å². The molecule has 21 heavy (non-hydrogen) atoms. The molecule has 0 bridgehead atoms. The van der Waals surface area contributed by atoms with Crippen LogP contribution in [0.3, 0.4) is 0 Å². The summed E-state index contributed by atoms with van der Waals surface area (Å²) in [5, 5.41) is 4.46. The van der Waals surface area contributed by atoms with E-state index in [1.807, 2.05) is 18.2 Å². The summed E-state index contributed by atoms with van der Waals surface area (Å²) in [5.74, 6) is -0.354. The molecule has 0 aliphatic heterocycles. The summed E-state index contributed by atoms with van der Waals surface area (Å²) in [7, 11) is 0. The van der Waals surface area contributed by atoms with E-state index >= 15 is 0 Å². The molecule has 2 heteroatoms. The van der Waals surface area contributed by atoms with Crippen LogP contribution in [0.1, 0.15) is 35.3 Å². The highest BCUT2D eigenvalue weighted by molar-refractivity contribution is 6.11. The quantitative estimate of drug-likeness (QED) is 0.716. The van der Waals surface area contributed by atoms with Gasteiger partial charge in [0.05, 0.1) is 0 Å². The molecule has 0 heterocycles. The number of rotatable bonds is 3. The van der Waals surface area contributed by atoms with Gasteiger partial charge in [0, 0.05) is 5.56 Å². The molecule has 0 atom stereocenters. The van der Waals surface area contributed by atoms with Crippen LogP contribution in [-0.4, -0.2) is 5.91 Å². The topological polar surface area (TPSA) is 43.1 Å². The highest BCUT2D eigenvalue weighted by atomic mass is 16.1. The lowest BCUT2D eigenvalue weighted by Gasteiger charge is -2.14. The lowest BCUT2D eigenvalue weighted by Crippen LogP contribution is -2.13. The monoisotopic (exact) mass is 277 g/mol. The predicted molar refractivity (Wildman–Crippen MR) is 88.7 cm³/mol. The first-order valence-electron chi connectivity index (χ1n) is 7.42. The summed E-state index contributed by atoms with van der Waals surface area (Å²) in [6.45, 7) is 4.28. The standard InChI is InChI=1S/C19H19NO/c1-3-12-9-18(19(20)21)17-11-14-8-6-5-7-13(14)10-16(17)15(12)4-2/h5-11H,3-4H2,1-2H3,(H2,20,21). The van der Waals surface area contributed by atoms with E-state index in [4.69, 9.17) is 5.73 Å². The van der Waals surface area contributed by atoms with E-state index in [0.717, 1.165) is 29.0 Å². The minimum absolute atomic E-state index is 0.354. The molecule has 0 saturated heterocycles. The number of fused-ring (bicyclic) bond motifs is 2. The number of carbonyl (C=O) groups is 1. The molecule has 0 radical (unpaired) electrons. The zero-order chi connectivity index (χ0) is 15.0. The summed E-state index contributed by atoms with van der Waals surface area (Å²) in [6, 6.07) is 14.5. The zero-order valence-electron chi connectivity index (χ0n) is 12.4. The van der Waals surface area contributed by atoms with Crippen molar-refractivity contribution in [3.8, 4) is 0 Å². The first-order chi connectivity index (χ1) is 10.2. The third-order valence-electron chi connectivity index (χ3n) is 4.21. The molecule has 0 aliphatic rings. The van der Waals surface area contributed by atoms with Gasteiger partial charge in [-0.05, 0) is 63.7 Å². The highest BCUT2D eigenvalue weighted by Crippen LogP contribution is 2.31. The smallest absolute Gasteiger partial charge is 0.249 e. The number of hydrogen-bond donors (Lipinski definition) is 1. The maximum absolute atomic E-state index is 11.8. The number of aryl methyl sites for hydroxylation is 2. The van der Waals surface area contributed by atoms with Gasteiger partial charge >= 0.3 is 0 Å². The first-order valence-corrected chi connectivity index (χ1v) is 7.42. The molecule has 106 valence electrons. The number of amides is 1. The fraction of sp³-hybridized carbons (Fsp3) is 0.211. The first kappa shape index (κ1) is 13.6. The molecule has 0 aliphatic carbocycles. The molecule has 3 aromatic carbocycles. The molecule has 0 spiro atoms. The summed E-state index contributed by atoms with van der Waals surface area (Å²) in [6.07, 6.45) is 1.86. The van der Waals surface area contributed by atoms with E-state index in [1.165, 1.54) is 16.5 Å². The van der Waals surface area contributed by atoms with Crippen LogP contribution in [-0.2, 0) is 12.8 Å². The van der Waals surface area contributed by atoms with Gasteiger partial charge in [0.15, 0.2) is 0 Å². The van der Waals surface area contributed by atoms with Crippen molar-refractivity contribution < 1.29 is 4.79 Å². The van der Waals surface area contributed by atoms with Gasteiger partial charge in [-0.3, -0.25) is 4.79 Å². The minimum atomic E-state index is -0.354. The van der Waals surface area contributed by atoms with Gasteiger partial charge < -0.3 is 5.73 Å². The Balaban J connectivity index is 2.52. The largest absolute Gasteiger partial charge is 0.366 e. The third-order valence-corrected chi connectivity index (χ3v) is 4.21. The molecule has 0 saturated carbocycles. The summed E-state index contributed by atoms with van der Waals surface area (Å²) in [5.41, 5.74) is 8.77. The number of primary amides is 1. The van der Waals surface area contributed by atoms with E-state index in [2.05, 4.69) is 38.1 Å². The van der Waals surface area contributed by atoms with Crippen molar-refractivity contribution in [1.29, 1.82) is 0 Å². The van der Waals surface area contributed by atoms with Crippen molar-refractivity contribution in [3.63, 3.8) is 0 Å². The fourth-order valence-corrected chi connectivity index (χ4v) is 3.16. The Morgan fingerprint density at radius 2 is 1.57 bits per heavy atom. The van der Waals surface area contributed by atoms with E-state index in [0.29, 0.717) is 5.56 Å². The van der Waals surface area contributed by atoms with Crippen LogP contribution in [0.2, 0.25) is 0 Å². The van der Waals surface area contributed by atoms with E-state index in [9.17, 15) is 4.79 Å². The number of hydrogen-bond acceptors (Lipinski definition) is 1. The van der Waals surface area contributed by atoms with E-state index in [1.54, 1.807) is 0 Å². The second-order valence-electron chi connectivity index (χ2n) is 5.38. The zero-order valence-corrected chi connectivity index (χ0v) is 12.4. The Hall–Kier alpha value is -2.35. The molecule has 0 aromatic heterocycles. The van der Waals surface area contributed by atoms with E-state index < -0.39 is 0 Å². The predicted octanol–water partition coefficient (Wildman–Crippen LogP) is 4.22. The van der Waals surface area contributed by atoms with Crippen molar-refractivity contribution in [3.05, 3.63) is 59.2 Å². The molecule has 0 unspecified atom stereocenters. The molecular weight excluding hydrogens is 258 g/mol. The van der Waals surface area contributed by atoms with Crippen LogP contribution in [0.4, 0.5) is 0 Å². The molecule has 2 N–H and O–H groups in total. The Morgan fingerprint density at radius 1 is 0.952 bits per heavy atom. The Bertz CT molecular complexity index is 849. The summed E-state index contributed by atoms with van der Waals surface area (Å²) >= 11 is 0. The average molecular weight is 277 g/mol. The minimum Gasteiger partial charge on any atom is -0.366 e. The second kappa shape index (κ2) is 5.21. The van der Waals surface area contributed by atoms with Gasteiger partial charge in [-0.15, -0.1) is 0 Å². The maximum atomic E-state index is 11.8. The Kier molecular flexibility index (Phi) is 3.38. The number of nitrogens with two attached hydrogens (primary N) is 1. The van der Waals surface area contributed by atoms with Gasteiger partial charge in [-0.25, -0.2) is 0 Å². The molecule has 2 nitrogen and oxygen atoms in total. The number of carbonyl (C=O) groups excluding carboxylic acids is 1. The lowest BCUT2D eigenvalue weighted by atomic mass is 9.90. The van der Waals surface area contributed by atoms with Crippen LogP contribution < -0.4 is 5.73 Å². The Morgan fingerprint density at radius 3 is 2.10 bits per heavy atom. The van der Waals surface area contributed by atoms with Crippen molar-refractivity contribution in [2.75, 3.05) is 0 Å². The van der Waals surface area contributed by atoms with Crippen LogP contribution >= 0.6 is 0 Å².